The Morgan fingerprint density at radius 3 is 3.00 bits per heavy atom. The van der Waals surface area contributed by atoms with Crippen molar-refractivity contribution in [3.63, 3.8) is 0 Å². The molecule has 0 spiro atoms. The number of nitrogens with one attached hydrogen (secondary N) is 1. The molecule has 19 heavy (non-hydrogen) atoms. The number of hydrogen-bond acceptors (Lipinski definition) is 9. The number of nitrogens with zero attached hydrogens (tertiary/aromatic N) is 4. The summed E-state index contributed by atoms with van der Waals surface area (Å²) in [5.41, 5.74) is 2.50. The van der Waals surface area contributed by atoms with E-state index in [1.54, 1.807) is 17.7 Å². The first kappa shape index (κ1) is 12.7. The highest BCUT2D eigenvalue weighted by Gasteiger charge is 2.13. The van der Waals surface area contributed by atoms with Gasteiger partial charge in [-0.3, -0.25) is 5.43 Å². The molecule has 0 bridgehead atoms. The Labute approximate surface area is 121 Å². The van der Waals surface area contributed by atoms with E-state index < -0.39 is 0 Å². The molecule has 0 fully saturated rings. The van der Waals surface area contributed by atoms with Crippen molar-refractivity contribution in [2.75, 3.05) is 5.43 Å². The van der Waals surface area contributed by atoms with Crippen LogP contribution in [0.1, 0.15) is 11.8 Å². The average molecular weight is 310 g/mol. The van der Waals surface area contributed by atoms with Crippen molar-refractivity contribution in [2.45, 2.75) is 22.7 Å². The van der Waals surface area contributed by atoms with Gasteiger partial charge in [0.2, 0.25) is 5.95 Å². The van der Waals surface area contributed by atoms with Gasteiger partial charge in [0.05, 0.1) is 0 Å². The van der Waals surface area contributed by atoms with E-state index in [1.807, 2.05) is 0 Å². The zero-order chi connectivity index (χ0) is 13.2. The van der Waals surface area contributed by atoms with Crippen LogP contribution in [0.25, 0.3) is 10.2 Å². The van der Waals surface area contributed by atoms with Gasteiger partial charge in [-0.15, -0.1) is 11.3 Å². The normalized spacial score (nSPS) is 11.1. The van der Waals surface area contributed by atoms with Crippen LogP contribution in [-0.4, -0.2) is 19.3 Å². The van der Waals surface area contributed by atoms with Crippen molar-refractivity contribution >= 4 is 50.8 Å². The Kier molecular flexibility index (Phi) is 3.60. The van der Waals surface area contributed by atoms with Crippen molar-refractivity contribution in [3.05, 3.63) is 17.3 Å². The number of aryl methyl sites for hydroxylation is 1. The number of rotatable bonds is 4. The topological polar surface area (TPSA) is 89.6 Å². The maximum Gasteiger partial charge on any atom is 0.239 e. The standard InChI is InChI=1S/C10H10N6S3/c1-2-5-3-6-7(17-5)14-9(16-11)15-8(6)18-10-12-4-13-19-10/h3-4H,2,11H2,1H3,(H,14,15,16). The van der Waals surface area contributed by atoms with Crippen molar-refractivity contribution in [1.29, 1.82) is 0 Å². The number of aromatic nitrogens is 4. The predicted octanol–water partition coefficient (Wildman–Crippen LogP) is 2.54. The molecule has 0 unspecified atom stereocenters. The summed E-state index contributed by atoms with van der Waals surface area (Å²) in [6.45, 7) is 2.12. The number of anilines is 1. The second-order valence-electron chi connectivity index (χ2n) is 3.59. The summed E-state index contributed by atoms with van der Waals surface area (Å²) in [7, 11) is 0. The van der Waals surface area contributed by atoms with Crippen LogP contribution in [0, 0.1) is 0 Å². The van der Waals surface area contributed by atoms with Crippen LogP contribution in [0.4, 0.5) is 5.95 Å². The molecule has 0 aliphatic heterocycles. The van der Waals surface area contributed by atoms with Crippen LogP contribution in [0.3, 0.4) is 0 Å². The SMILES string of the molecule is CCc1cc2c(Sc3ncns3)nc(NN)nc2s1. The summed E-state index contributed by atoms with van der Waals surface area (Å²) in [5.74, 6) is 5.84. The van der Waals surface area contributed by atoms with Crippen LogP contribution < -0.4 is 11.3 Å². The average Bonchev–Trinajstić information content (AvgIpc) is 3.06. The molecule has 0 saturated carbocycles. The molecular weight excluding hydrogens is 300 g/mol. The third-order valence-electron chi connectivity index (χ3n) is 2.41. The molecule has 6 nitrogen and oxygen atoms in total. The molecule has 3 N–H and O–H groups in total. The molecule has 3 aromatic heterocycles. The fraction of sp³-hybridized carbons (Fsp3) is 0.200. The second kappa shape index (κ2) is 5.37. The molecule has 0 radical (unpaired) electrons. The smallest absolute Gasteiger partial charge is 0.239 e. The van der Waals surface area contributed by atoms with Gasteiger partial charge in [-0.1, -0.05) is 6.92 Å². The monoisotopic (exact) mass is 310 g/mol. The number of fused-ring (bicyclic) bond motifs is 1. The van der Waals surface area contributed by atoms with E-state index in [0.717, 1.165) is 26.0 Å². The number of thiophene rings is 1. The summed E-state index contributed by atoms with van der Waals surface area (Å²) >= 11 is 4.49. The molecule has 0 aliphatic rings. The van der Waals surface area contributed by atoms with Crippen molar-refractivity contribution < 1.29 is 0 Å². The lowest BCUT2D eigenvalue weighted by Gasteiger charge is -2.02. The molecule has 0 aliphatic carbocycles. The molecule has 9 heteroatoms. The molecule has 98 valence electrons. The van der Waals surface area contributed by atoms with E-state index in [9.17, 15) is 0 Å². The Bertz CT molecular complexity index is 693. The minimum absolute atomic E-state index is 0.420. The summed E-state index contributed by atoms with van der Waals surface area (Å²) in [6, 6.07) is 2.13. The summed E-state index contributed by atoms with van der Waals surface area (Å²) < 4.78 is 4.84. The Hall–Kier alpha value is -1.29. The van der Waals surface area contributed by atoms with Gasteiger partial charge in [0.25, 0.3) is 0 Å². The van der Waals surface area contributed by atoms with Gasteiger partial charge in [0.1, 0.15) is 16.2 Å². The van der Waals surface area contributed by atoms with E-state index in [-0.39, 0.29) is 0 Å². The first-order valence-electron chi connectivity index (χ1n) is 5.51. The van der Waals surface area contributed by atoms with E-state index in [0.29, 0.717) is 5.95 Å². The maximum atomic E-state index is 5.42. The minimum Gasteiger partial charge on any atom is -0.292 e. The molecule has 0 atom stereocenters. The van der Waals surface area contributed by atoms with Gasteiger partial charge in [0.15, 0.2) is 4.34 Å². The lowest BCUT2D eigenvalue weighted by Crippen LogP contribution is -2.10. The van der Waals surface area contributed by atoms with Gasteiger partial charge in [0, 0.05) is 10.3 Å². The fourth-order valence-electron chi connectivity index (χ4n) is 1.55. The highest BCUT2D eigenvalue weighted by atomic mass is 32.2. The first-order chi connectivity index (χ1) is 9.30. The number of nitrogens with two attached hydrogens (primary N) is 1. The fourth-order valence-corrected chi connectivity index (χ4v) is 4.04. The van der Waals surface area contributed by atoms with Crippen molar-refractivity contribution in [2.24, 2.45) is 5.84 Å². The molecular formula is C10H10N6S3. The number of hydrazine groups is 1. The highest BCUT2D eigenvalue weighted by Crippen LogP contribution is 2.36. The summed E-state index contributed by atoms with van der Waals surface area (Å²) in [6.07, 6.45) is 2.52. The maximum absolute atomic E-state index is 5.42. The summed E-state index contributed by atoms with van der Waals surface area (Å²) in [4.78, 5) is 15.2. The minimum atomic E-state index is 0.420. The van der Waals surface area contributed by atoms with Gasteiger partial charge in [-0.25, -0.2) is 20.8 Å². The van der Waals surface area contributed by atoms with Crippen molar-refractivity contribution in [3.8, 4) is 0 Å². The van der Waals surface area contributed by atoms with Crippen molar-refractivity contribution in [1.82, 2.24) is 19.3 Å². The van der Waals surface area contributed by atoms with Crippen LogP contribution in [0.2, 0.25) is 0 Å². The third kappa shape index (κ3) is 2.54. The number of nitrogen functional groups attached to an aromatic ring is 1. The Morgan fingerprint density at radius 2 is 2.32 bits per heavy atom. The van der Waals surface area contributed by atoms with Crippen LogP contribution in [0.5, 0.6) is 0 Å². The van der Waals surface area contributed by atoms with E-state index in [4.69, 9.17) is 5.84 Å². The quantitative estimate of drug-likeness (QED) is 0.435. The second-order valence-corrected chi connectivity index (χ2v) is 6.72. The van der Waals surface area contributed by atoms with Gasteiger partial charge < -0.3 is 0 Å². The Balaban J connectivity index is 2.11. The molecule has 0 aromatic carbocycles. The van der Waals surface area contributed by atoms with E-state index >= 15 is 0 Å². The first-order valence-corrected chi connectivity index (χ1v) is 7.92. The lowest BCUT2D eigenvalue weighted by atomic mass is 10.3. The Morgan fingerprint density at radius 1 is 1.42 bits per heavy atom. The van der Waals surface area contributed by atoms with Gasteiger partial charge in [-0.05, 0) is 35.8 Å². The molecule has 3 aromatic rings. The number of hydrogen-bond donors (Lipinski definition) is 2. The van der Waals surface area contributed by atoms with Crippen LogP contribution >= 0.6 is 34.6 Å². The highest BCUT2D eigenvalue weighted by molar-refractivity contribution is 8.01. The zero-order valence-corrected chi connectivity index (χ0v) is 12.4. The van der Waals surface area contributed by atoms with Gasteiger partial charge >= 0.3 is 0 Å². The largest absolute Gasteiger partial charge is 0.292 e. The van der Waals surface area contributed by atoms with E-state index in [2.05, 4.69) is 37.7 Å². The predicted molar refractivity (Wildman–Crippen MR) is 78.6 cm³/mol. The van der Waals surface area contributed by atoms with Crippen LogP contribution in [0.15, 0.2) is 21.8 Å². The molecule has 3 heterocycles. The van der Waals surface area contributed by atoms with E-state index in [1.165, 1.54) is 28.2 Å². The molecule has 0 amide bonds. The van der Waals surface area contributed by atoms with Gasteiger partial charge in [-0.2, -0.15) is 4.37 Å². The summed E-state index contributed by atoms with van der Waals surface area (Å²) in [5, 5.41) is 1.90. The molecule has 0 saturated heterocycles. The van der Waals surface area contributed by atoms with Crippen LogP contribution in [-0.2, 0) is 6.42 Å². The molecule has 3 rings (SSSR count). The lowest BCUT2D eigenvalue weighted by molar-refractivity contribution is 1.07. The third-order valence-corrected chi connectivity index (χ3v) is 5.30. The zero-order valence-electron chi connectivity index (χ0n) is 9.95.